The van der Waals surface area contributed by atoms with Gasteiger partial charge in [-0.15, -0.1) is 0 Å². The molecule has 0 bridgehead atoms. The molecule has 0 spiro atoms. The van der Waals surface area contributed by atoms with Gasteiger partial charge in [0, 0.05) is 38.6 Å². The summed E-state index contributed by atoms with van der Waals surface area (Å²) in [5.74, 6) is 2.60. The SMILES string of the molecule is CCNC(=NCC1CCCC(C)C1)NCCCn1cccn1. The van der Waals surface area contributed by atoms with E-state index in [9.17, 15) is 0 Å². The quantitative estimate of drug-likeness (QED) is 0.462. The van der Waals surface area contributed by atoms with Crippen molar-refractivity contribution in [3.05, 3.63) is 18.5 Å². The summed E-state index contributed by atoms with van der Waals surface area (Å²) in [6.45, 7) is 8.22. The van der Waals surface area contributed by atoms with Crippen molar-refractivity contribution in [2.24, 2.45) is 16.8 Å². The van der Waals surface area contributed by atoms with Gasteiger partial charge in [0.15, 0.2) is 5.96 Å². The molecule has 0 aromatic carbocycles. The molecule has 0 aliphatic heterocycles. The zero-order valence-corrected chi connectivity index (χ0v) is 14.1. The second kappa shape index (κ2) is 9.49. The third-order valence-corrected chi connectivity index (χ3v) is 4.31. The van der Waals surface area contributed by atoms with E-state index in [4.69, 9.17) is 4.99 Å². The largest absolute Gasteiger partial charge is 0.357 e. The Morgan fingerprint density at radius 2 is 2.27 bits per heavy atom. The van der Waals surface area contributed by atoms with E-state index >= 15 is 0 Å². The second-order valence-corrected chi connectivity index (χ2v) is 6.41. The zero-order chi connectivity index (χ0) is 15.6. The lowest BCUT2D eigenvalue weighted by Crippen LogP contribution is -2.38. The standard InChI is InChI=1S/C17H31N5/c1-3-18-17(19-9-5-11-22-12-6-10-21-22)20-14-16-8-4-7-15(2)13-16/h6,10,12,15-16H,3-5,7-9,11,13-14H2,1-2H3,(H2,18,19,20). The van der Waals surface area contributed by atoms with Crippen LogP contribution in [0.5, 0.6) is 0 Å². The van der Waals surface area contributed by atoms with Gasteiger partial charge in [-0.25, -0.2) is 0 Å². The summed E-state index contributed by atoms with van der Waals surface area (Å²) >= 11 is 0. The number of nitrogens with zero attached hydrogens (tertiary/aromatic N) is 3. The van der Waals surface area contributed by atoms with Crippen LogP contribution >= 0.6 is 0 Å². The summed E-state index contributed by atoms with van der Waals surface area (Å²) in [4.78, 5) is 4.78. The average Bonchev–Trinajstić information content (AvgIpc) is 3.02. The van der Waals surface area contributed by atoms with E-state index in [0.29, 0.717) is 0 Å². The number of nitrogens with one attached hydrogen (secondary N) is 2. The monoisotopic (exact) mass is 305 g/mol. The lowest BCUT2D eigenvalue weighted by molar-refractivity contribution is 0.289. The van der Waals surface area contributed by atoms with Crippen LogP contribution in [0.3, 0.4) is 0 Å². The van der Waals surface area contributed by atoms with Gasteiger partial charge in [-0.05, 0) is 44.1 Å². The van der Waals surface area contributed by atoms with Gasteiger partial charge in [0.05, 0.1) is 0 Å². The van der Waals surface area contributed by atoms with E-state index in [0.717, 1.165) is 50.4 Å². The van der Waals surface area contributed by atoms with E-state index in [1.165, 1.54) is 25.7 Å². The molecule has 5 heteroatoms. The molecule has 2 N–H and O–H groups in total. The Bertz CT molecular complexity index is 426. The summed E-state index contributed by atoms with van der Waals surface area (Å²) in [5.41, 5.74) is 0. The Morgan fingerprint density at radius 3 is 3.00 bits per heavy atom. The van der Waals surface area contributed by atoms with Crippen molar-refractivity contribution >= 4 is 5.96 Å². The molecule has 1 heterocycles. The molecular weight excluding hydrogens is 274 g/mol. The summed E-state index contributed by atoms with van der Waals surface area (Å²) in [6, 6.07) is 1.96. The molecule has 1 aromatic heterocycles. The van der Waals surface area contributed by atoms with Gasteiger partial charge < -0.3 is 10.6 Å². The maximum atomic E-state index is 4.78. The molecule has 1 fully saturated rings. The van der Waals surface area contributed by atoms with Crippen LogP contribution in [0.1, 0.15) is 46.0 Å². The summed E-state index contributed by atoms with van der Waals surface area (Å²) in [5, 5.41) is 11.0. The van der Waals surface area contributed by atoms with Gasteiger partial charge in [-0.3, -0.25) is 9.67 Å². The van der Waals surface area contributed by atoms with Crippen molar-refractivity contribution < 1.29 is 0 Å². The Morgan fingerprint density at radius 1 is 1.36 bits per heavy atom. The first-order valence-corrected chi connectivity index (χ1v) is 8.77. The van der Waals surface area contributed by atoms with Gasteiger partial charge in [-0.2, -0.15) is 5.10 Å². The van der Waals surface area contributed by atoms with E-state index < -0.39 is 0 Å². The molecule has 5 nitrogen and oxygen atoms in total. The lowest BCUT2D eigenvalue weighted by Gasteiger charge is -2.25. The molecule has 0 saturated heterocycles. The number of hydrogen-bond donors (Lipinski definition) is 2. The third kappa shape index (κ3) is 6.08. The predicted octanol–water partition coefficient (Wildman–Crippen LogP) is 2.65. The minimum atomic E-state index is 0.767. The van der Waals surface area contributed by atoms with Crippen LogP contribution in [0.25, 0.3) is 0 Å². The van der Waals surface area contributed by atoms with E-state index in [1.54, 1.807) is 0 Å². The molecular formula is C17H31N5. The molecule has 124 valence electrons. The number of aromatic nitrogens is 2. The molecule has 0 amide bonds. The molecule has 0 radical (unpaired) electrons. The van der Waals surface area contributed by atoms with Gasteiger partial charge in [0.25, 0.3) is 0 Å². The van der Waals surface area contributed by atoms with Crippen molar-refractivity contribution in [3.8, 4) is 0 Å². The van der Waals surface area contributed by atoms with Gasteiger partial charge >= 0.3 is 0 Å². The Labute approximate surface area is 134 Å². The Kier molecular flexibility index (Phi) is 7.26. The number of guanidine groups is 1. The molecule has 22 heavy (non-hydrogen) atoms. The molecule has 2 atom stereocenters. The number of aliphatic imine (C=N–C) groups is 1. The zero-order valence-electron chi connectivity index (χ0n) is 14.1. The molecule has 1 aliphatic carbocycles. The first kappa shape index (κ1) is 16.8. The first-order chi connectivity index (χ1) is 10.8. The number of aryl methyl sites for hydroxylation is 1. The molecule has 2 rings (SSSR count). The van der Waals surface area contributed by atoms with E-state index in [-0.39, 0.29) is 0 Å². The van der Waals surface area contributed by atoms with Gasteiger partial charge in [-0.1, -0.05) is 19.8 Å². The van der Waals surface area contributed by atoms with Crippen LogP contribution in [0, 0.1) is 11.8 Å². The van der Waals surface area contributed by atoms with Crippen molar-refractivity contribution in [2.75, 3.05) is 19.6 Å². The Balaban J connectivity index is 1.69. The highest BCUT2D eigenvalue weighted by molar-refractivity contribution is 5.79. The number of rotatable bonds is 7. The van der Waals surface area contributed by atoms with Crippen molar-refractivity contribution in [1.82, 2.24) is 20.4 Å². The highest BCUT2D eigenvalue weighted by Gasteiger charge is 2.18. The smallest absolute Gasteiger partial charge is 0.191 e. The second-order valence-electron chi connectivity index (χ2n) is 6.41. The molecule has 1 saturated carbocycles. The van der Waals surface area contributed by atoms with Crippen molar-refractivity contribution in [2.45, 2.75) is 52.5 Å². The van der Waals surface area contributed by atoms with Crippen LogP contribution in [-0.2, 0) is 6.54 Å². The van der Waals surface area contributed by atoms with Crippen molar-refractivity contribution in [1.29, 1.82) is 0 Å². The maximum Gasteiger partial charge on any atom is 0.191 e. The molecule has 1 aliphatic rings. The molecule has 2 unspecified atom stereocenters. The van der Waals surface area contributed by atoms with Crippen LogP contribution in [-0.4, -0.2) is 35.4 Å². The van der Waals surface area contributed by atoms with Crippen LogP contribution in [0.15, 0.2) is 23.5 Å². The molecule has 1 aromatic rings. The minimum absolute atomic E-state index is 0.767. The summed E-state index contributed by atoms with van der Waals surface area (Å²) in [7, 11) is 0. The fraction of sp³-hybridized carbons (Fsp3) is 0.765. The van der Waals surface area contributed by atoms with E-state index in [2.05, 4.69) is 29.6 Å². The van der Waals surface area contributed by atoms with E-state index in [1.807, 2.05) is 23.1 Å². The maximum absolute atomic E-state index is 4.78. The minimum Gasteiger partial charge on any atom is -0.357 e. The summed E-state index contributed by atoms with van der Waals surface area (Å²) < 4.78 is 1.97. The van der Waals surface area contributed by atoms with Gasteiger partial charge in [0.2, 0.25) is 0 Å². The number of hydrogen-bond acceptors (Lipinski definition) is 2. The average molecular weight is 305 g/mol. The highest BCUT2D eigenvalue weighted by atomic mass is 15.3. The fourth-order valence-corrected chi connectivity index (χ4v) is 3.17. The highest BCUT2D eigenvalue weighted by Crippen LogP contribution is 2.28. The van der Waals surface area contributed by atoms with Crippen molar-refractivity contribution in [3.63, 3.8) is 0 Å². The predicted molar refractivity (Wildman–Crippen MR) is 91.9 cm³/mol. The first-order valence-electron chi connectivity index (χ1n) is 8.77. The summed E-state index contributed by atoms with van der Waals surface area (Å²) in [6.07, 6.45) is 10.3. The third-order valence-electron chi connectivity index (χ3n) is 4.31. The van der Waals surface area contributed by atoms with Crippen LogP contribution in [0.4, 0.5) is 0 Å². The lowest BCUT2D eigenvalue weighted by atomic mass is 9.82. The Hall–Kier alpha value is -1.52. The topological polar surface area (TPSA) is 54.2 Å². The normalized spacial score (nSPS) is 22.5. The van der Waals surface area contributed by atoms with Crippen LogP contribution in [0.2, 0.25) is 0 Å². The fourth-order valence-electron chi connectivity index (χ4n) is 3.17. The van der Waals surface area contributed by atoms with Gasteiger partial charge in [0.1, 0.15) is 0 Å². The van der Waals surface area contributed by atoms with Crippen LogP contribution < -0.4 is 10.6 Å².